The second-order valence-corrected chi connectivity index (χ2v) is 6.92. The van der Waals surface area contributed by atoms with Crippen LogP contribution < -0.4 is 5.32 Å². The third-order valence-corrected chi connectivity index (χ3v) is 5.12. The topological polar surface area (TPSA) is 59.8 Å². The minimum absolute atomic E-state index is 0.252. The molecule has 1 amide bonds. The van der Waals surface area contributed by atoms with E-state index in [2.05, 4.69) is 15.4 Å². The van der Waals surface area contributed by atoms with Crippen LogP contribution in [0.4, 0.5) is 10.1 Å². The number of benzene rings is 2. The summed E-state index contributed by atoms with van der Waals surface area (Å²) < 4.78 is 15.6. The van der Waals surface area contributed by atoms with Gasteiger partial charge in [-0.25, -0.2) is 14.1 Å². The van der Waals surface area contributed by atoms with Gasteiger partial charge in [0.2, 0.25) is 0 Å². The van der Waals surface area contributed by atoms with Crippen molar-refractivity contribution in [3.8, 4) is 5.69 Å². The van der Waals surface area contributed by atoms with Crippen molar-refractivity contribution in [1.29, 1.82) is 0 Å². The Morgan fingerprint density at radius 1 is 1.07 bits per heavy atom. The van der Waals surface area contributed by atoms with E-state index in [1.54, 1.807) is 12.1 Å². The van der Waals surface area contributed by atoms with Crippen LogP contribution in [0.2, 0.25) is 0 Å². The molecule has 27 heavy (non-hydrogen) atoms. The largest absolute Gasteiger partial charge is 0.322 e. The van der Waals surface area contributed by atoms with E-state index < -0.39 is 5.82 Å². The van der Waals surface area contributed by atoms with Crippen molar-refractivity contribution in [2.24, 2.45) is 0 Å². The van der Waals surface area contributed by atoms with Gasteiger partial charge in [0.05, 0.1) is 0 Å². The van der Waals surface area contributed by atoms with E-state index in [9.17, 15) is 9.18 Å². The van der Waals surface area contributed by atoms with Crippen LogP contribution in [0.15, 0.2) is 55.1 Å². The van der Waals surface area contributed by atoms with Crippen LogP contribution in [0.25, 0.3) is 5.69 Å². The molecule has 4 rings (SSSR count). The standard InChI is InChI=1S/C21H21FN4O/c22-19-12-18(10-11-20(19)26-14-23-13-24-26)25-21(27)17-8-6-16(7-9-17)15-4-2-1-3-5-15/h6-15H,1-5H2,(H,25,27). The van der Waals surface area contributed by atoms with E-state index in [-0.39, 0.29) is 11.6 Å². The molecule has 0 bridgehead atoms. The van der Waals surface area contributed by atoms with Crippen molar-refractivity contribution in [2.45, 2.75) is 38.0 Å². The summed E-state index contributed by atoms with van der Waals surface area (Å²) in [5.74, 6) is -0.127. The molecule has 0 atom stereocenters. The Morgan fingerprint density at radius 2 is 1.85 bits per heavy atom. The average molecular weight is 364 g/mol. The van der Waals surface area contributed by atoms with Crippen LogP contribution in [-0.2, 0) is 0 Å². The van der Waals surface area contributed by atoms with Gasteiger partial charge in [0.15, 0.2) is 5.82 Å². The van der Waals surface area contributed by atoms with Crippen molar-refractivity contribution < 1.29 is 9.18 Å². The molecule has 5 nitrogen and oxygen atoms in total. The Labute approximate surface area is 157 Å². The first-order valence-corrected chi connectivity index (χ1v) is 9.26. The van der Waals surface area contributed by atoms with E-state index in [0.29, 0.717) is 17.2 Å². The zero-order valence-electron chi connectivity index (χ0n) is 14.9. The first kappa shape index (κ1) is 17.4. The number of nitrogens with one attached hydrogen (secondary N) is 1. The molecule has 3 aromatic rings. The summed E-state index contributed by atoms with van der Waals surface area (Å²) in [6.07, 6.45) is 9.10. The van der Waals surface area contributed by atoms with Gasteiger partial charge in [0.1, 0.15) is 18.3 Å². The maximum atomic E-state index is 14.3. The Balaban J connectivity index is 1.45. The van der Waals surface area contributed by atoms with Crippen LogP contribution in [-0.4, -0.2) is 20.7 Å². The summed E-state index contributed by atoms with van der Waals surface area (Å²) in [6.45, 7) is 0. The van der Waals surface area contributed by atoms with E-state index >= 15 is 0 Å². The average Bonchev–Trinajstić information content (AvgIpc) is 3.23. The summed E-state index contributed by atoms with van der Waals surface area (Å²) >= 11 is 0. The molecule has 1 aliphatic carbocycles. The third kappa shape index (κ3) is 3.89. The van der Waals surface area contributed by atoms with Gasteiger partial charge in [-0.2, -0.15) is 5.10 Å². The van der Waals surface area contributed by atoms with Crippen LogP contribution in [0.5, 0.6) is 0 Å². The smallest absolute Gasteiger partial charge is 0.255 e. The molecule has 0 saturated heterocycles. The number of rotatable bonds is 4. The Morgan fingerprint density at radius 3 is 2.52 bits per heavy atom. The molecule has 6 heteroatoms. The zero-order valence-corrected chi connectivity index (χ0v) is 14.9. The van der Waals surface area contributed by atoms with E-state index in [1.807, 2.05) is 24.3 Å². The van der Waals surface area contributed by atoms with Crippen molar-refractivity contribution in [3.05, 3.63) is 72.1 Å². The number of aromatic nitrogens is 3. The van der Waals surface area contributed by atoms with Gasteiger partial charge in [-0.1, -0.05) is 31.4 Å². The normalized spacial score (nSPS) is 14.9. The predicted octanol–water partition coefficient (Wildman–Crippen LogP) is 4.71. The highest BCUT2D eigenvalue weighted by Gasteiger charge is 2.16. The van der Waals surface area contributed by atoms with Gasteiger partial charge in [-0.15, -0.1) is 0 Å². The number of carbonyl (C=O) groups excluding carboxylic acids is 1. The highest BCUT2D eigenvalue weighted by Crippen LogP contribution is 2.32. The molecule has 2 aromatic carbocycles. The monoisotopic (exact) mass is 364 g/mol. The first-order chi connectivity index (χ1) is 13.2. The molecule has 0 unspecified atom stereocenters. The van der Waals surface area contributed by atoms with E-state index in [1.165, 1.54) is 61.1 Å². The quantitative estimate of drug-likeness (QED) is 0.729. The van der Waals surface area contributed by atoms with Crippen molar-refractivity contribution >= 4 is 11.6 Å². The SMILES string of the molecule is O=C(Nc1ccc(-n2cncn2)c(F)c1)c1ccc(C2CCCCC2)cc1. The summed E-state index contributed by atoms with van der Waals surface area (Å²) in [5.41, 5.74) is 2.55. The lowest BCUT2D eigenvalue weighted by atomic mass is 9.84. The number of halogens is 1. The lowest BCUT2D eigenvalue weighted by Crippen LogP contribution is -2.13. The number of hydrogen-bond acceptors (Lipinski definition) is 3. The molecule has 1 N–H and O–H groups in total. The first-order valence-electron chi connectivity index (χ1n) is 9.26. The second kappa shape index (κ2) is 7.70. The Kier molecular flexibility index (Phi) is 4.96. The molecule has 0 radical (unpaired) electrons. The maximum Gasteiger partial charge on any atom is 0.255 e. The fourth-order valence-electron chi connectivity index (χ4n) is 3.65. The van der Waals surface area contributed by atoms with Gasteiger partial charge in [0.25, 0.3) is 5.91 Å². The number of anilines is 1. The number of nitrogens with zero attached hydrogens (tertiary/aromatic N) is 3. The molecule has 1 aliphatic rings. The lowest BCUT2D eigenvalue weighted by Gasteiger charge is -2.22. The van der Waals surface area contributed by atoms with Gasteiger partial charge >= 0.3 is 0 Å². The fourth-order valence-corrected chi connectivity index (χ4v) is 3.65. The third-order valence-electron chi connectivity index (χ3n) is 5.12. The molecular formula is C21H21FN4O. The zero-order chi connectivity index (χ0) is 18.6. The molecule has 138 valence electrons. The molecule has 0 spiro atoms. The Hall–Kier alpha value is -3.02. The highest BCUT2D eigenvalue weighted by molar-refractivity contribution is 6.04. The Bertz CT molecular complexity index is 916. The molecular weight excluding hydrogens is 343 g/mol. The van der Waals surface area contributed by atoms with E-state index in [4.69, 9.17) is 0 Å². The summed E-state index contributed by atoms with van der Waals surface area (Å²) in [6, 6.07) is 12.3. The van der Waals surface area contributed by atoms with Gasteiger partial charge in [-0.05, 0) is 54.7 Å². The molecule has 0 aliphatic heterocycles. The predicted molar refractivity (Wildman–Crippen MR) is 102 cm³/mol. The fraction of sp³-hybridized carbons (Fsp3) is 0.286. The highest BCUT2D eigenvalue weighted by atomic mass is 19.1. The van der Waals surface area contributed by atoms with Crippen LogP contribution in [0.3, 0.4) is 0 Å². The lowest BCUT2D eigenvalue weighted by molar-refractivity contribution is 0.102. The van der Waals surface area contributed by atoms with Crippen LogP contribution >= 0.6 is 0 Å². The summed E-state index contributed by atoms with van der Waals surface area (Å²) in [5, 5.41) is 6.66. The van der Waals surface area contributed by atoms with Crippen LogP contribution in [0.1, 0.15) is 53.9 Å². The van der Waals surface area contributed by atoms with Crippen molar-refractivity contribution in [1.82, 2.24) is 14.8 Å². The number of hydrogen-bond donors (Lipinski definition) is 1. The second-order valence-electron chi connectivity index (χ2n) is 6.92. The maximum absolute atomic E-state index is 14.3. The van der Waals surface area contributed by atoms with E-state index in [0.717, 1.165) is 0 Å². The molecule has 1 saturated carbocycles. The number of carbonyl (C=O) groups is 1. The summed E-state index contributed by atoms with van der Waals surface area (Å²) in [7, 11) is 0. The number of amides is 1. The summed E-state index contributed by atoms with van der Waals surface area (Å²) in [4.78, 5) is 16.3. The molecule has 1 heterocycles. The van der Waals surface area contributed by atoms with Crippen molar-refractivity contribution in [2.75, 3.05) is 5.32 Å². The van der Waals surface area contributed by atoms with Gasteiger partial charge in [0, 0.05) is 11.3 Å². The minimum atomic E-state index is -0.481. The van der Waals surface area contributed by atoms with Crippen LogP contribution in [0, 0.1) is 5.82 Å². The molecule has 1 aromatic heterocycles. The van der Waals surface area contributed by atoms with Gasteiger partial charge < -0.3 is 5.32 Å². The minimum Gasteiger partial charge on any atom is -0.322 e. The van der Waals surface area contributed by atoms with Gasteiger partial charge in [-0.3, -0.25) is 4.79 Å². The molecule has 1 fully saturated rings. The van der Waals surface area contributed by atoms with Crippen molar-refractivity contribution in [3.63, 3.8) is 0 Å².